The Balaban J connectivity index is 2.21. The Morgan fingerprint density at radius 3 is 2.89 bits per heavy atom. The first kappa shape index (κ1) is 13.5. The van der Waals surface area contributed by atoms with Crippen LogP contribution in [0, 0.1) is 6.92 Å². The third-order valence-electron chi connectivity index (χ3n) is 3.23. The van der Waals surface area contributed by atoms with Gasteiger partial charge in [0, 0.05) is 12.4 Å². The Hall–Kier alpha value is -1.91. The van der Waals surface area contributed by atoms with Gasteiger partial charge in [0.1, 0.15) is 5.75 Å². The minimum atomic E-state index is 0.0424. The molecule has 100 valence electrons. The fourth-order valence-electron chi connectivity index (χ4n) is 2.13. The molecule has 1 unspecified atom stereocenters. The number of benzene rings is 1. The molecule has 0 saturated heterocycles. The van der Waals surface area contributed by atoms with E-state index in [-0.39, 0.29) is 6.04 Å². The second-order valence-electron chi connectivity index (χ2n) is 4.51. The lowest BCUT2D eigenvalue weighted by atomic mass is 9.97. The van der Waals surface area contributed by atoms with Crippen molar-refractivity contribution in [2.45, 2.75) is 19.4 Å². The highest BCUT2D eigenvalue weighted by Crippen LogP contribution is 2.22. The number of hydrogen-bond donors (Lipinski definition) is 2. The molecule has 0 radical (unpaired) electrons. The standard InChI is InChI=1S/C15H19N3O/c1-11-6-7-17-10-14(11)15(18-16)9-12-4-3-5-13(8-12)19-2/h3-8,10,15,18H,9,16H2,1-2H3. The van der Waals surface area contributed by atoms with Crippen molar-refractivity contribution in [1.29, 1.82) is 0 Å². The summed E-state index contributed by atoms with van der Waals surface area (Å²) >= 11 is 0. The number of hydrazine groups is 1. The van der Waals surface area contributed by atoms with E-state index in [1.807, 2.05) is 30.5 Å². The fourth-order valence-corrected chi connectivity index (χ4v) is 2.13. The first-order valence-corrected chi connectivity index (χ1v) is 6.24. The summed E-state index contributed by atoms with van der Waals surface area (Å²) in [5, 5.41) is 0. The van der Waals surface area contributed by atoms with Crippen molar-refractivity contribution < 1.29 is 4.74 Å². The minimum absolute atomic E-state index is 0.0424. The molecule has 0 spiro atoms. The van der Waals surface area contributed by atoms with Gasteiger partial charge in [0.15, 0.2) is 0 Å². The lowest BCUT2D eigenvalue weighted by Crippen LogP contribution is -2.30. The molecule has 2 rings (SSSR count). The van der Waals surface area contributed by atoms with Crippen LogP contribution in [0.2, 0.25) is 0 Å². The van der Waals surface area contributed by atoms with Crippen molar-refractivity contribution in [1.82, 2.24) is 10.4 Å². The molecule has 1 aromatic carbocycles. The molecule has 0 amide bonds. The van der Waals surface area contributed by atoms with Crippen LogP contribution in [0.1, 0.15) is 22.7 Å². The smallest absolute Gasteiger partial charge is 0.119 e. The van der Waals surface area contributed by atoms with E-state index in [4.69, 9.17) is 10.6 Å². The highest BCUT2D eigenvalue weighted by atomic mass is 16.5. The molecule has 0 aliphatic rings. The predicted octanol–water partition coefficient (Wildman–Crippen LogP) is 2.15. The van der Waals surface area contributed by atoms with Crippen molar-refractivity contribution in [2.75, 3.05) is 7.11 Å². The number of pyridine rings is 1. The highest BCUT2D eigenvalue weighted by molar-refractivity contribution is 5.32. The summed E-state index contributed by atoms with van der Waals surface area (Å²) in [4.78, 5) is 4.17. The average molecular weight is 257 g/mol. The van der Waals surface area contributed by atoms with Gasteiger partial charge in [-0.05, 0) is 48.2 Å². The van der Waals surface area contributed by atoms with Crippen LogP contribution in [0.15, 0.2) is 42.7 Å². The third kappa shape index (κ3) is 3.30. The van der Waals surface area contributed by atoms with E-state index in [2.05, 4.69) is 23.4 Å². The first-order chi connectivity index (χ1) is 9.24. The van der Waals surface area contributed by atoms with E-state index < -0.39 is 0 Å². The zero-order valence-electron chi connectivity index (χ0n) is 11.3. The highest BCUT2D eigenvalue weighted by Gasteiger charge is 2.13. The maximum absolute atomic E-state index is 5.68. The van der Waals surface area contributed by atoms with Gasteiger partial charge in [-0.3, -0.25) is 16.3 Å². The van der Waals surface area contributed by atoms with Crippen LogP contribution in [0.25, 0.3) is 0 Å². The van der Waals surface area contributed by atoms with Gasteiger partial charge >= 0.3 is 0 Å². The van der Waals surface area contributed by atoms with Gasteiger partial charge in [0.2, 0.25) is 0 Å². The van der Waals surface area contributed by atoms with E-state index in [1.165, 1.54) is 11.1 Å². The number of nitrogens with one attached hydrogen (secondary N) is 1. The molecule has 1 atom stereocenters. The van der Waals surface area contributed by atoms with Gasteiger partial charge in [0.05, 0.1) is 13.2 Å². The maximum Gasteiger partial charge on any atom is 0.119 e. The molecule has 1 heterocycles. The number of nitrogens with zero attached hydrogens (tertiary/aromatic N) is 1. The number of aromatic nitrogens is 1. The summed E-state index contributed by atoms with van der Waals surface area (Å²) in [5.41, 5.74) is 6.34. The van der Waals surface area contributed by atoms with Gasteiger partial charge in [-0.15, -0.1) is 0 Å². The lowest BCUT2D eigenvalue weighted by Gasteiger charge is -2.18. The van der Waals surface area contributed by atoms with Gasteiger partial charge in [-0.1, -0.05) is 12.1 Å². The first-order valence-electron chi connectivity index (χ1n) is 6.24. The molecule has 0 aliphatic carbocycles. The average Bonchev–Trinajstić information content (AvgIpc) is 2.46. The van der Waals surface area contributed by atoms with Crippen LogP contribution in [0.5, 0.6) is 5.75 Å². The summed E-state index contributed by atoms with van der Waals surface area (Å²) in [5.74, 6) is 6.54. The Morgan fingerprint density at radius 2 is 2.21 bits per heavy atom. The molecule has 0 fully saturated rings. The summed E-state index contributed by atoms with van der Waals surface area (Å²) in [6.07, 6.45) is 4.44. The van der Waals surface area contributed by atoms with Gasteiger partial charge in [-0.2, -0.15) is 0 Å². The zero-order chi connectivity index (χ0) is 13.7. The summed E-state index contributed by atoms with van der Waals surface area (Å²) in [7, 11) is 1.67. The Labute approximate surface area is 113 Å². The molecule has 0 aliphatic heterocycles. The SMILES string of the molecule is COc1cccc(CC(NN)c2cnccc2C)c1. The van der Waals surface area contributed by atoms with Crippen LogP contribution in [0.4, 0.5) is 0 Å². The zero-order valence-corrected chi connectivity index (χ0v) is 11.3. The Kier molecular flexibility index (Phi) is 4.49. The van der Waals surface area contributed by atoms with Gasteiger partial charge in [-0.25, -0.2) is 0 Å². The van der Waals surface area contributed by atoms with Crippen LogP contribution in [-0.4, -0.2) is 12.1 Å². The Morgan fingerprint density at radius 1 is 1.37 bits per heavy atom. The lowest BCUT2D eigenvalue weighted by molar-refractivity contribution is 0.414. The number of nitrogens with two attached hydrogens (primary N) is 1. The summed E-state index contributed by atoms with van der Waals surface area (Å²) in [6, 6.07) is 10.0. The van der Waals surface area contributed by atoms with E-state index in [1.54, 1.807) is 13.3 Å². The van der Waals surface area contributed by atoms with Crippen molar-refractivity contribution in [2.24, 2.45) is 5.84 Å². The van der Waals surface area contributed by atoms with Crippen LogP contribution < -0.4 is 16.0 Å². The number of methoxy groups -OCH3 is 1. The molecular weight excluding hydrogens is 238 g/mol. The summed E-state index contributed by atoms with van der Waals surface area (Å²) in [6.45, 7) is 2.06. The van der Waals surface area contributed by atoms with E-state index in [0.717, 1.165) is 17.7 Å². The quantitative estimate of drug-likeness (QED) is 0.636. The normalized spacial score (nSPS) is 12.2. The summed E-state index contributed by atoms with van der Waals surface area (Å²) < 4.78 is 5.24. The molecule has 2 aromatic rings. The van der Waals surface area contributed by atoms with Gasteiger partial charge in [0.25, 0.3) is 0 Å². The molecular formula is C15H19N3O. The topological polar surface area (TPSA) is 60.2 Å². The predicted molar refractivity (Wildman–Crippen MR) is 75.7 cm³/mol. The maximum atomic E-state index is 5.68. The molecule has 19 heavy (non-hydrogen) atoms. The number of aryl methyl sites for hydroxylation is 1. The van der Waals surface area contributed by atoms with E-state index in [0.29, 0.717) is 0 Å². The van der Waals surface area contributed by atoms with Crippen LogP contribution >= 0.6 is 0 Å². The van der Waals surface area contributed by atoms with Crippen LogP contribution in [-0.2, 0) is 6.42 Å². The number of rotatable bonds is 5. The molecule has 0 bridgehead atoms. The Bertz CT molecular complexity index is 542. The number of ether oxygens (including phenoxy) is 1. The monoisotopic (exact) mass is 257 g/mol. The van der Waals surface area contributed by atoms with E-state index >= 15 is 0 Å². The molecule has 0 saturated carbocycles. The fraction of sp³-hybridized carbons (Fsp3) is 0.267. The van der Waals surface area contributed by atoms with Crippen molar-refractivity contribution in [3.63, 3.8) is 0 Å². The molecule has 1 aromatic heterocycles. The van der Waals surface area contributed by atoms with Crippen LogP contribution in [0.3, 0.4) is 0 Å². The second kappa shape index (κ2) is 6.31. The second-order valence-corrected chi connectivity index (χ2v) is 4.51. The van der Waals surface area contributed by atoms with Crippen molar-refractivity contribution in [3.8, 4) is 5.75 Å². The van der Waals surface area contributed by atoms with Crippen molar-refractivity contribution in [3.05, 3.63) is 59.4 Å². The third-order valence-corrected chi connectivity index (χ3v) is 3.23. The largest absolute Gasteiger partial charge is 0.497 e. The molecule has 4 nitrogen and oxygen atoms in total. The number of hydrogen-bond acceptors (Lipinski definition) is 4. The van der Waals surface area contributed by atoms with Gasteiger partial charge < -0.3 is 4.74 Å². The molecule has 3 N–H and O–H groups in total. The van der Waals surface area contributed by atoms with E-state index in [9.17, 15) is 0 Å². The minimum Gasteiger partial charge on any atom is -0.497 e. The van der Waals surface area contributed by atoms with Crippen molar-refractivity contribution >= 4 is 0 Å². The molecule has 4 heteroatoms.